The highest BCUT2D eigenvalue weighted by molar-refractivity contribution is 5.41. The van der Waals surface area contributed by atoms with Crippen molar-refractivity contribution in [3.05, 3.63) is 29.8 Å². The maximum absolute atomic E-state index is 5.98. The van der Waals surface area contributed by atoms with Crippen molar-refractivity contribution in [1.29, 1.82) is 0 Å². The molecule has 0 saturated carbocycles. The number of ether oxygens (including phenoxy) is 2. The first-order chi connectivity index (χ1) is 11.2. The molecule has 2 saturated heterocycles. The van der Waals surface area contributed by atoms with Crippen LogP contribution in [-0.4, -0.2) is 58.3 Å². The minimum atomic E-state index is -0.186. The van der Waals surface area contributed by atoms with Gasteiger partial charge in [-0.15, -0.1) is 0 Å². The second-order valence-electron chi connectivity index (χ2n) is 6.33. The molecular weight excluding hydrogens is 294 g/mol. The van der Waals surface area contributed by atoms with E-state index in [-0.39, 0.29) is 5.60 Å². The number of anilines is 1. The molecule has 122 valence electrons. The van der Waals surface area contributed by atoms with Crippen molar-refractivity contribution in [3.8, 4) is 5.82 Å². The molecule has 0 aromatic carbocycles. The average Bonchev–Trinajstić information content (AvgIpc) is 3.14. The van der Waals surface area contributed by atoms with Crippen molar-refractivity contribution in [1.82, 2.24) is 19.7 Å². The van der Waals surface area contributed by atoms with Gasteiger partial charge in [-0.3, -0.25) is 4.98 Å². The van der Waals surface area contributed by atoms with E-state index in [1.54, 1.807) is 6.20 Å². The Bertz CT molecular complexity index is 708. The van der Waals surface area contributed by atoms with Crippen LogP contribution >= 0.6 is 0 Å². The van der Waals surface area contributed by atoms with Crippen molar-refractivity contribution >= 4 is 5.82 Å². The Hall–Kier alpha value is -1.99. The lowest BCUT2D eigenvalue weighted by molar-refractivity contribution is -0.0581. The van der Waals surface area contributed by atoms with Gasteiger partial charge in [0.15, 0.2) is 5.82 Å². The largest absolute Gasteiger partial charge is 0.378 e. The van der Waals surface area contributed by atoms with Crippen molar-refractivity contribution in [2.45, 2.75) is 25.9 Å². The van der Waals surface area contributed by atoms with Crippen LogP contribution in [0.5, 0.6) is 0 Å². The minimum Gasteiger partial charge on any atom is -0.378 e. The Balaban J connectivity index is 1.62. The van der Waals surface area contributed by atoms with E-state index in [1.165, 1.54) is 0 Å². The number of aromatic nitrogens is 4. The number of hydrogen-bond donors (Lipinski definition) is 0. The quantitative estimate of drug-likeness (QED) is 0.832. The fraction of sp³-hybridized carbons (Fsp3) is 0.562. The second kappa shape index (κ2) is 5.58. The SMILES string of the molecule is Cc1cc(C)n(-c2cncc(N3CCOC4(CCOC4)C3)n2)n1. The van der Waals surface area contributed by atoms with Crippen molar-refractivity contribution in [2.24, 2.45) is 0 Å². The fourth-order valence-corrected chi connectivity index (χ4v) is 3.33. The van der Waals surface area contributed by atoms with Crippen molar-refractivity contribution in [3.63, 3.8) is 0 Å². The number of nitrogens with zero attached hydrogens (tertiary/aromatic N) is 5. The molecule has 2 aliphatic rings. The molecule has 1 atom stereocenters. The Labute approximate surface area is 135 Å². The molecular formula is C16H21N5O2. The summed E-state index contributed by atoms with van der Waals surface area (Å²) in [5, 5.41) is 4.49. The summed E-state index contributed by atoms with van der Waals surface area (Å²) in [5.74, 6) is 1.61. The van der Waals surface area contributed by atoms with Crippen LogP contribution in [0.1, 0.15) is 17.8 Å². The lowest BCUT2D eigenvalue weighted by Gasteiger charge is -2.39. The molecule has 2 fully saturated rings. The Morgan fingerprint density at radius 2 is 2.04 bits per heavy atom. The standard InChI is InChI=1S/C16H21N5O2/c1-12-7-13(2)21(19-12)15-9-17-8-14(18-15)20-4-6-23-16(10-20)3-5-22-11-16/h7-9H,3-6,10-11H2,1-2H3. The molecule has 7 heteroatoms. The first kappa shape index (κ1) is 14.6. The molecule has 0 amide bonds. The molecule has 7 nitrogen and oxygen atoms in total. The zero-order chi connectivity index (χ0) is 15.9. The second-order valence-corrected chi connectivity index (χ2v) is 6.33. The van der Waals surface area contributed by atoms with E-state index in [9.17, 15) is 0 Å². The summed E-state index contributed by atoms with van der Waals surface area (Å²) in [5.41, 5.74) is 1.84. The third-order valence-electron chi connectivity index (χ3n) is 4.48. The van der Waals surface area contributed by atoms with E-state index < -0.39 is 0 Å². The van der Waals surface area contributed by atoms with Gasteiger partial charge in [0.2, 0.25) is 0 Å². The molecule has 0 aliphatic carbocycles. The molecule has 2 aliphatic heterocycles. The molecule has 0 bridgehead atoms. The monoisotopic (exact) mass is 315 g/mol. The molecule has 0 N–H and O–H groups in total. The maximum atomic E-state index is 5.98. The lowest BCUT2D eigenvalue weighted by atomic mass is 10.0. The highest BCUT2D eigenvalue weighted by atomic mass is 16.6. The van der Waals surface area contributed by atoms with Gasteiger partial charge in [0, 0.05) is 25.3 Å². The molecule has 4 heterocycles. The van der Waals surface area contributed by atoms with E-state index in [0.29, 0.717) is 13.2 Å². The van der Waals surface area contributed by atoms with Gasteiger partial charge in [-0.05, 0) is 19.9 Å². The highest BCUT2D eigenvalue weighted by Crippen LogP contribution is 2.29. The first-order valence-electron chi connectivity index (χ1n) is 7.98. The lowest BCUT2D eigenvalue weighted by Crippen LogP contribution is -2.52. The molecule has 2 aromatic heterocycles. The van der Waals surface area contributed by atoms with Gasteiger partial charge in [0.05, 0.1) is 37.8 Å². The van der Waals surface area contributed by atoms with Gasteiger partial charge < -0.3 is 14.4 Å². The molecule has 4 rings (SSSR count). The molecule has 2 aromatic rings. The smallest absolute Gasteiger partial charge is 0.174 e. The highest BCUT2D eigenvalue weighted by Gasteiger charge is 2.40. The van der Waals surface area contributed by atoms with Gasteiger partial charge in [-0.1, -0.05) is 0 Å². The Morgan fingerprint density at radius 1 is 1.17 bits per heavy atom. The summed E-state index contributed by atoms with van der Waals surface area (Å²) in [6.45, 7) is 7.73. The van der Waals surface area contributed by atoms with Crippen LogP contribution in [0.2, 0.25) is 0 Å². The van der Waals surface area contributed by atoms with Crippen LogP contribution in [-0.2, 0) is 9.47 Å². The maximum Gasteiger partial charge on any atom is 0.174 e. The zero-order valence-corrected chi connectivity index (χ0v) is 13.5. The third-order valence-corrected chi connectivity index (χ3v) is 4.48. The predicted octanol–water partition coefficient (Wildman–Crippen LogP) is 1.27. The van der Waals surface area contributed by atoms with Gasteiger partial charge in [0.1, 0.15) is 11.4 Å². The summed E-state index contributed by atoms with van der Waals surface area (Å²) in [6.07, 6.45) is 4.50. The third kappa shape index (κ3) is 2.70. The number of hydrogen-bond acceptors (Lipinski definition) is 6. The topological polar surface area (TPSA) is 65.3 Å². The van der Waals surface area contributed by atoms with Crippen LogP contribution in [0.25, 0.3) is 5.82 Å². The van der Waals surface area contributed by atoms with E-state index in [2.05, 4.69) is 15.0 Å². The summed E-state index contributed by atoms with van der Waals surface area (Å²) >= 11 is 0. The summed E-state index contributed by atoms with van der Waals surface area (Å²) < 4.78 is 13.3. The van der Waals surface area contributed by atoms with Crippen LogP contribution in [0, 0.1) is 13.8 Å². The Kier molecular flexibility index (Phi) is 3.54. The van der Waals surface area contributed by atoms with Crippen molar-refractivity contribution < 1.29 is 9.47 Å². The average molecular weight is 315 g/mol. The van der Waals surface area contributed by atoms with Crippen molar-refractivity contribution in [2.75, 3.05) is 37.8 Å². The fourth-order valence-electron chi connectivity index (χ4n) is 3.33. The van der Waals surface area contributed by atoms with Crippen LogP contribution < -0.4 is 4.90 Å². The van der Waals surface area contributed by atoms with E-state index in [1.807, 2.05) is 30.8 Å². The number of morpholine rings is 1. The van der Waals surface area contributed by atoms with Gasteiger partial charge in [-0.25, -0.2) is 9.67 Å². The normalized spacial score (nSPS) is 24.5. The van der Waals surface area contributed by atoms with E-state index in [4.69, 9.17) is 14.5 Å². The van der Waals surface area contributed by atoms with Gasteiger partial charge in [-0.2, -0.15) is 5.10 Å². The van der Waals surface area contributed by atoms with Crippen LogP contribution in [0.4, 0.5) is 5.82 Å². The summed E-state index contributed by atoms with van der Waals surface area (Å²) in [6, 6.07) is 2.04. The summed E-state index contributed by atoms with van der Waals surface area (Å²) in [4.78, 5) is 11.4. The Morgan fingerprint density at radius 3 is 2.78 bits per heavy atom. The van der Waals surface area contributed by atoms with E-state index in [0.717, 1.165) is 49.1 Å². The van der Waals surface area contributed by atoms with Gasteiger partial charge >= 0.3 is 0 Å². The summed E-state index contributed by atoms with van der Waals surface area (Å²) in [7, 11) is 0. The number of rotatable bonds is 2. The van der Waals surface area contributed by atoms with Crippen LogP contribution in [0.3, 0.4) is 0 Å². The number of aryl methyl sites for hydroxylation is 2. The minimum absolute atomic E-state index is 0.186. The van der Waals surface area contributed by atoms with Gasteiger partial charge in [0.25, 0.3) is 0 Å². The molecule has 1 unspecified atom stereocenters. The predicted molar refractivity (Wildman–Crippen MR) is 85.0 cm³/mol. The van der Waals surface area contributed by atoms with Crippen LogP contribution in [0.15, 0.2) is 18.5 Å². The zero-order valence-electron chi connectivity index (χ0n) is 13.5. The first-order valence-corrected chi connectivity index (χ1v) is 7.98. The molecule has 1 spiro atoms. The molecule has 0 radical (unpaired) electrons. The molecule has 23 heavy (non-hydrogen) atoms. The van der Waals surface area contributed by atoms with E-state index >= 15 is 0 Å².